The minimum absolute atomic E-state index is 0.00552. The van der Waals surface area contributed by atoms with Gasteiger partial charge in [-0.05, 0) is 18.6 Å². The normalized spacial score (nSPS) is 12.4. The highest BCUT2D eigenvalue weighted by Gasteiger charge is 2.14. The quantitative estimate of drug-likeness (QED) is 0.330. The third-order valence-corrected chi connectivity index (χ3v) is 4.76. The number of nitrogens with one attached hydrogen (secondary N) is 1. The molecule has 124 valence electrons. The van der Waals surface area contributed by atoms with Crippen LogP contribution < -0.4 is 5.56 Å². The molecule has 2 aromatic heterocycles. The zero-order valence-electron chi connectivity index (χ0n) is 13.1. The molecule has 1 atom stereocenters. The number of benzene rings is 1. The molecule has 0 saturated heterocycles. The Morgan fingerprint density at radius 2 is 2.08 bits per heavy atom. The van der Waals surface area contributed by atoms with E-state index >= 15 is 0 Å². The first-order valence-corrected chi connectivity index (χ1v) is 8.27. The summed E-state index contributed by atoms with van der Waals surface area (Å²) in [7, 11) is 0. The SMILES string of the molecule is CCC(C)Sc1nc2c(cnn2-c2ccc([N+](=O)[O-])cc2)c(=O)[nH]1. The molecule has 0 fully saturated rings. The molecule has 0 spiro atoms. The van der Waals surface area contributed by atoms with Crippen LogP contribution in [0.5, 0.6) is 0 Å². The number of H-pyrrole nitrogens is 1. The molecule has 1 N–H and O–H groups in total. The molecule has 0 amide bonds. The van der Waals surface area contributed by atoms with Crippen molar-refractivity contribution in [3.05, 3.63) is 50.9 Å². The molecule has 24 heavy (non-hydrogen) atoms. The molecule has 0 radical (unpaired) electrons. The van der Waals surface area contributed by atoms with Crippen molar-refractivity contribution >= 4 is 28.5 Å². The monoisotopic (exact) mass is 345 g/mol. The molecule has 8 nitrogen and oxygen atoms in total. The van der Waals surface area contributed by atoms with E-state index in [0.717, 1.165) is 6.42 Å². The van der Waals surface area contributed by atoms with E-state index in [2.05, 4.69) is 28.9 Å². The van der Waals surface area contributed by atoms with Gasteiger partial charge in [0, 0.05) is 17.4 Å². The van der Waals surface area contributed by atoms with Gasteiger partial charge < -0.3 is 4.98 Å². The summed E-state index contributed by atoms with van der Waals surface area (Å²) in [5, 5.41) is 16.2. The topological polar surface area (TPSA) is 107 Å². The number of thioether (sulfide) groups is 1. The fourth-order valence-corrected chi connectivity index (χ4v) is 2.97. The number of rotatable bonds is 5. The van der Waals surface area contributed by atoms with Gasteiger partial charge >= 0.3 is 0 Å². The molecule has 0 saturated carbocycles. The van der Waals surface area contributed by atoms with E-state index < -0.39 is 4.92 Å². The third kappa shape index (κ3) is 3.02. The summed E-state index contributed by atoms with van der Waals surface area (Å²) < 4.78 is 1.51. The lowest BCUT2D eigenvalue weighted by molar-refractivity contribution is -0.384. The molecule has 2 heterocycles. The molecular formula is C15H15N5O3S. The Bertz CT molecular complexity index is 948. The Morgan fingerprint density at radius 3 is 2.71 bits per heavy atom. The fourth-order valence-electron chi connectivity index (χ4n) is 2.13. The summed E-state index contributed by atoms with van der Waals surface area (Å²) >= 11 is 1.49. The first-order chi connectivity index (χ1) is 11.5. The summed E-state index contributed by atoms with van der Waals surface area (Å²) in [6.45, 7) is 4.12. The molecular weight excluding hydrogens is 330 g/mol. The third-order valence-electron chi connectivity index (χ3n) is 3.61. The van der Waals surface area contributed by atoms with Crippen molar-refractivity contribution in [1.82, 2.24) is 19.7 Å². The maximum absolute atomic E-state index is 12.2. The zero-order valence-corrected chi connectivity index (χ0v) is 13.9. The van der Waals surface area contributed by atoms with Crippen LogP contribution in [-0.4, -0.2) is 29.9 Å². The van der Waals surface area contributed by atoms with Crippen LogP contribution in [0.1, 0.15) is 20.3 Å². The predicted molar refractivity (Wildman–Crippen MR) is 91.8 cm³/mol. The van der Waals surface area contributed by atoms with Gasteiger partial charge in [-0.25, -0.2) is 9.67 Å². The summed E-state index contributed by atoms with van der Waals surface area (Å²) in [6.07, 6.45) is 2.40. The lowest BCUT2D eigenvalue weighted by Crippen LogP contribution is -2.11. The van der Waals surface area contributed by atoms with Crippen LogP contribution in [-0.2, 0) is 0 Å². The van der Waals surface area contributed by atoms with Crippen LogP contribution in [0.3, 0.4) is 0 Å². The van der Waals surface area contributed by atoms with Crippen LogP contribution in [0, 0.1) is 10.1 Å². The summed E-state index contributed by atoms with van der Waals surface area (Å²) in [5.74, 6) is 0. The van der Waals surface area contributed by atoms with Crippen LogP contribution in [0.4, 0.5) is 5.69 Å². The molecule has 0 aliphatic carbocycles. The van der Waals surface area contributed by atoms with Crippen molar-refractivity contribution in [2.75, 3.05) is 0 Å². The summed E-state index contributed by atoms with van der Waals surface area (Å²) in [4.78, 5) is 29.7. The number of nitro groups is 1. The second kappa shape index (κ2) is 6.44. The van der Waals surface area contributed by atoms with Crippen LogP contribution in [0.25, 0.3) is 16.7 Å². The molecule has 3 aromatic rings. The van der Waals surface area contributed by atoms with E-state index in [1.54, 1.807) is 12.1 Å². The van der Waals surface area contributed by atoms with Crippen molar-refractivity contribution in [3.8, 4) is 5.69 Å². The number of hydrogen-bond acceptors (Lipinski definition) is 6. The van der Waals surface area contributed by atoms with E-state index in [-0.39, 0.29) is 11.2 Å². The van der Waals surface area contributed by atoms with Crippen molar-refractivity contribution < 1.29 is 4.92 Å². The fraction of sp³-hybridized carbons (Fsp3) is 0.267. The van der Waals surface area contributed by atoms with Gasteiger partial charge in [-0.1, -0.05) is 25.6 Å². The van der Waals surface area contributed by atoms with Crippen LogP contribution in [0.15, 0.2) is 40.4 Å². The number of hydrogen-bond donors (Lipinski definition) is 1. The Balaban J connectivity index is 2.08. The second-order valence-electron chi connectivity index (χ2n) is 5.27. The van der Waals surface area contributed by atoms with E-state index in [0.29, 0.717) is 27.1 Å². The first-order valence-electron chi connectivity index (χ1n) is 7.39. The molecule has 9 heteroatoms. The summed E-state index contributed by atoms with van der Waals surface area (Å²) in [6, 6.07) is 5.94. The number of aromatic nitrogens is 4. The van der Waals surface area contributed by atoms with Crippen LogP contribution >= 0.6 is 11.8 Å². The van der Waals surface area contributed by atoms with E-state index in [1.165, 1.54) is 34.8 Å². The molecule has 0 bridgehead atoms. The zero-order chi connectivity index (χ0) is 17.3. The Morgan fingerprint density at radius 1 is 1.38 bits per heavy atom. The van der Waals surface area contributed by atoms with Gasteiger partial charge in [-0.15, -0.1) is 0 Å². The van der Waals surface area contributed by atoms with E-state index in [9.17, 15) is 14.9 Å². The van der Waals surface area contributed by atoms with Crippen molar-refractivity contribution in [2.24, 2.45) is 0 Å². The Kier molecular flexibility index (Phi) is 4.34. The minimum Gasteiger partial charge on any atom is -0.301 e. The molecule has 0 aliphatic heterocycles. The van der Waals surface area contributed by atoms with Gasteiger partial charge in [0.25, 0.3) is 11.2 Å². The van der Waals surface area contributed by atoms with Crippen LogP contribution in [0.2, 0.25) is 0 Å². The van der Waals surface area contributed by atoms with Gasteiger partial charge in [0.05, 0.1) is 16.8 Å². The molecule has 1 aromatic carbocycles. The lowest BCUT2D eigenvalue weighted by atomic mass is 10.3. The van der Waals surface area contributed by atoms with E-state index in [4.69, 9.17) is 0 Å². The number of fused-ring (bicyclic) bond motifs is 1. The van der Waals surface area contributed by atoms with Gasteiger partial charge in [-0.2, -0.15) is 5.10 Å². The highest BCUT2D eigenvalue weighted by atomic mass is 32.2. The smallest absolute Gasteiger partial charge is 0.269 e. The van der Waals surface area contributed by atoms with Gasteiger partial charge in [0.15, 0.2) is 10.8 Å². The molecule has 0 aliphatic rings. The van der Waals surface area contributed by atoms with Crippen molar-refractivity contribution in [1.29, 1.82) is 0 Å². The first kappa shape index (κ1) is 16.2. The number of aromatic amines is 1. The van der Waals surface area contributed by atoms with Gasteiger partial charge in [0.1, 0.15) is 5.39 Å². The lowest BCUT2D eigenvalue weighted by Gasteiger charge is -2.07. The van der Waals surface area contributed by atoms with Gasteiger partial charge in [-0.3, -0.25) is 14.9 Å². The predicted octanol–water partition coefficient (Wildman–Crippen LogP) is 2.91. The standard InChI is InChI=1S/C15H15N5O3S/c1-3-9(2)24-15-17-13-12(14(21)18-15)8-16-19(13)10-4-6-11(7-5-10)20(22)23/h4-9H,3H2,1-2H3,(H,17,18,21). The highest BCUT2D eigenvalue weighted by molar-refractivity contribution is 7.99. The summed E-state index contributed by atoms with van der Waals surface area (Å²) in [5.41, 5.74) is 0.777. The molecule has 3 rings (SSSR count). The second-order valence-corrected chi connectivity index (χ2v) is 6.70. The number of nitrogens with zero attached hydrogens (tertiary/aromatic N) is 4. The van der Waals surface area contributed by atoms with Crippen molar-refractivity contribution in [3.63, 3.8) is 0 Å². The van der Waals surface area contributed by atoms with Crippen molar-refractivity contribution in [2.45, 2.75) is 30.7 Å². The average Bonchev–Trinajstić information content (AvgIpc) is 2.99. The highest BCUT2D eigenvalue weighted by Crippen LogP contribution is 2.23. The molecule has 1 unspecified atom stereocenters. The Labute approximate surface area is 141 Å². The maximum atomic E-state index is 12.2. The number of non-ortho nitro benzene ring substituents is 1. The number of nitro benzene ring substituents is 1. The van der Waals surface area contributed by atoms with E-state index in [1.807, 2.05) is 0 Å². The minimum atomic E-state index is -0.463. The Hall–Kier alpha value is -2.68. The largest absolute Gasteiger partial charge is 0.301 e. The average molecular weight is 345 g/mol. The van der Waals surface area contributed by atoms with Gasteiger partial charge in [0.2, 0.25) is 0 Å². The maximum Gasteiger partial charge on any atom is 0.269 e.